The van der Waals surface area contributed by atoms with E-state index in [1.165, 1.54) is 26.1 Å². The maximum atomic E-state index is 12.7. The lowest BCUT2D eigenvalue weighted by atomic mass is 10.0. The van der Waals surface area contributed by atoms with E-state index in [0.29, 0.717) is 11.1 Å². The number of carboxylic acid groups (broad SMARTS) is 2. The van der Waals surface area contributed by atoms with Crippen LogP contribution in [0.5, 0.6) is 0 Å². The Morgan fingerprint density at radius 1 is 0.921 bits per heavy atom. The number of hydrogen-bond acceptors (Lipinski definition) is 6. The molecule has 0 saturated carbocycles. The predicted octanol–water partition coefficient (Wildman–Crippen LogP) is 0.759. The fraction of sp³-hybridized carbons (Fsp3) is 0.308. The van der Waals surface area contributed by atoms with Crippen LogP contribution in [0, 0.1) is 18.8 Å². The number of amides is 2. The summed E-state index contributed by atoms with van der Waals surface area (Å²) in [6.07, 6.45) is -0.162. The molecular weight excluding hydrogens is 514 g/mol. The van der Waals surface area contributed by atoms with Gasteiger partial charge in [-0.15, -0.1) is 0 Å². The zero-order valence-corrected chi connectivity index (χ0v) is 21.9. The van der Waals surface area contributed by atoms with Gasteiger partial charge in [-0.05, 0) is 36.8 Å². The maximum absolute atomic E-state index is 12.7. The molecule has 2 rings (SSSR count). The van der Waals surface area contributed by atoms with Crippen molar-refractivity contribution in [1.82, 2.24) is 14.9 Å². The average Bonchev–Trinajstić information content (AvgIpc) is 2.83. The highest BCUT2D eigenvalue weighted by Gasteiger charge is 2.26. The molecule has 2 atom stereocenters. The SMILES string of the molecule is CC(=O)NC(CC#Cc1ccc(CC(NC(=O)CN(C)S(=O)(=O)c2ccc(C)cc2)C(=O)O)cc1)C(=O)O. The number of nitrogens with one attached hydrogen (secondary N) is 2. The van der Waals surface area contributed by atoms with E-state index in [4.69, 9.17) is 5.11 Å². The van der Waals surface area contributed by atoms with Crippen molar-refractivity contribution in [2.75, 3.05) is 13.6 Å². The Balaban J connectivity index is 2.00. The molecule has 0 aliphatic carbocycles. The van der Waals surface area contributed by atoms with Gasteiger partial charge in [0.2, 0.25) is 21.8 Å². The summed E-state index contributed by atoms with van der Waals surface area (Å²) in [5.41, 5.74) is 1.99. The van der Waals surface area contributed by atoms with E-state index in [2.05, 4.69) is 22.5 Å². The highest BCUT2D eigenvalue weighted by Crippen LogP contribution is 2.15. The number of aryl methyl sites for hydroxylation is 1. The monoisotopic (exact) mass is 543 g/mol. The van der Waals surface area contributed by atoms with Crippen molar-refractivity contribution in [3.8, 4) is 11.8 Å². The fourth-order valence-electron chi connectivity index (χ4n) is 3.28. The first kappa shape index (κ1) is 30.0. The van der Waals surface area contributed by atoms with Gasteiger partial charge >= 0.3 is 11.9 Å². The van der Waals surface area contributed by atoms with Crippen molar-refractivity contribution in [2.24, 2.45) is 0 Å². The summed E-state index contributed by atoms with van der Waals surface area (Å²) < 4.78 is 26.2. The fourth-order valence-corrected chi connectivity index (χ4v) is 4.41. The molecule has 38 heavy (non-hydrogen) atoms. The van der Waals surface area contributed by atoms with Crippen LogP contribution in [-0.4, -0.2) is 72.4 Å². The Hall–Kier alpha value is -4.21. The van der Waals surface area contributed by atoms with Gasteiger partial charge in [0.25, 0.3) is 0 Å². The summed E-state index contributed by atoms with van der Waals surface area (Å²) in [6, 6.07) is 10.1. The van der Waals surface area contributed by atoms with Crippen LogP contribution >= 0.6 is 0 Å². The third-order valence-electron chi connectivity index (χ3n) is 5.34. The molecule has 0 aromatic heterocycles. The largest absolute Gasteiger partial charge is 0.480 e. The molecule has 2 aromatic carbocycles. The van der Waals surface area contributed by atoms with Crippen molar-refractivity contribution in [3.05, 3.63) is 65.2 Å². The molecule has 0 radical (unpaired) electrons. The number of likely N-dealkylation sites (N-methyl/N-ethyl adjacent to an activating group) is 1. The number of carbonyl (C=O) groups is 4. The van der Waals surface area contributed by atoms with Crippen molar-refractivity contribution >= 4 is 33.8 Å². The topological polar surface area (TPSA) is 170 Å². The predicted molar refractivity (Wildman–Crippen MR) is 137 cm³/mol. The molecule has 2 aromatic rings. The van der Waals surface area contributed by atoms with E-state index < -0.39 is 52.4 Å². The Bertz CT molecular complexity index is 1340. The van der Waals surface area contributed by atoms with Gasteiger partial charge in [0.05, 0.1) is 11.4 Å². The van der Waals surface area contributed by atoms with Crippen LogP contribution < -0.4 is 10.6 Å². The second-order valence-corrected chi connectivity index (χ2v) is 10.6. The lowest BCUT2D eigenvalue weighted by molar-refractivity contribution is -0.142. The number of carboxylic acids is 2. The second-order valence-electron chi connectivity index (χ2n) is 8.53. The normalized spacial score (nSPS) is 12.5. The Morgan fingerprint density at radius 3 is 2.03 bits per heavy atom. The molecule has 0 aliphatic rings. The van der Waals surface area contributed by atoms with Crippen molar-refractivity contribution in [1.29, 1.82) is 0 Å². The van der Waals surface area contributed by atoms with Gasteiger partial charge in [-0.3, -0.25) is 9.59 Å². The van der Waals surface area contributed by atoms with Crippen molar-refractivity contribution in [2.45, 2.75) is 43.7 Å². The molecule has 2 amide bonds. The lowest BCUT2D eigenvalue weighted by Crippen LogP contribution is -2.46. The average molecular weight is 544 g/mol. The molecular formula is C26H29N3O8S. The van der Waals surface area contributed by atoms with Crippen LogP contribution in [0.15, 0.2) is 53.4 Å². The summed E-state index contributed by atoms with van der Waals surface area (Å²) in [5.74, 6) is 1.72. The third-order valence-corrected chi connectivity index (χ3v) is 7.15. The van der Waals surface area contributed by atoms with Crippen LogP contribution in [-0.2, 0) is 35.6 Å². The number of aliphatic carboxylic acids is 2. The summed E-state index contributed by atoms with van der Waals surface area (Å²) in [4.78, 5) is 46.4. The molecule has 0 aliphatic heterocycles. The molecule has 0 fully saturated rings. The van der Waals surface area contributed by atoms with Gasteiger partial charge in [0.15, 0.2) is 0 Å². The van der Waals surface area contributed by atoms with Gasteiger partial charge in [-0.1, -0.05) is 41.7 Å². The molecule has 12 heteroatoms. The van der Waals surface area contributed by atoms with E-state index in [9.17, 15) is 32.7 Å². The van der Waals surface area contributed by atoms with Gasteiger partial charge in [0.1, 0.15) is 12.1 Å². The minimum absolute atomic E-state index is 0.0185. The molecule has 0 bridgehead atoms. The molecule has 0 saturated heterocycles. The van der Waals surface area contributed by atoms with Crippen LogP contribution in [0.3, 0.4) is 0 Å². The molecule has 11 nitrogen and oxygen atoms in total. The first-order valence-corrected chi connectivity index (χ1v) is 12.9. The number of benzene rings is 2. The van der Waals surface area contributed by atoms with Gasteiger partial charge < -0.3 is 20.8 Å². The van der Waals surface area contributed by atoms with E-state index in [1.54, 1.807) is 36.4 Å². The van der Waals surface area contributed by atoms with Crippen LogP contribution in [0.4, 0.5) is 0 Å². The third kappa shape index (κ3) is 9.02. The van der Waals surface area contributed by atoms with Crippen LogP contribution in [0.1, 0.15) is 30.0 Å². The molecule has 4 N–H and O–H groups in total. The Morgan fingerprint density at radius 2 is 1.50 bits per heavy atom. The molecule has 0 spiro atoms. The quantitative estimate of drug-likeness (QED) is 0.301. The lowest BCUT2D eigenvalue weighted by Gasteiger charge is -2.19. The van der Waals surface area contributed by atoms with E-state index in [1.807, 2.05) is 6.92 Å². The second kappa shape index (κ2) is 13.4. The van der Waals surface area contributed by atoms with E-state index in [0.717, 1.165) is 9.87 Å². The minimum Gasteiger partial charge on any atom is -0.480 e. The maximum Gasteiger partial charge on any atom is 0.327 e. The first-order chi connectivity index (χ1) is 17.8. The van der Waals surface area contributed by atoms with Crippen LogP contribution in [0.25, 0.3) is 0 Å². The number of carbonyl (C=O) groups excluding carboxylic acids is 2. The summed E-state index contributed by atoms with van der Waals surface area (Å²) >= 11 is 0. The summed E-state index contributed by atoms with van der Waals surface area (Å²) in [7, 11) is -2.70. The Kier molecular flexibility index (Phi) is 10.6. The highest BCUT2D eigenvalue weighted by molar-refractivity contribution is 7.89. The molecule has 202 valence electrons. The molecule has 2 unspecified atom stereocenters. The van der Waals surface area contributed by atoms with Gasteiger partial charge in [-0.2, -0.15) is 4.31 Å². The molecule has 0 heterocycles. The zero-order valence-electron chi connectivity index (χ0n) is 21.1. The number of sulfonamides is 1. The van der Waals surface area contributed by atoms with Crippen LogP contribution in [0.2, 0.25) is 0 Å². The van der Waals surface area contributed by atoms with Crippen molar-refractivity contribution < 1.29 is 37.8 Å². The van der Waals surface area contributed by atoms with Gasteiger partial charge in [0, 0.05) is 32.4 Å². The van der Waals surface area contributed by atoms with Gasteiger partial charge in [-0.25, -0.2) is 18.0 Å². The minimum atomic E-state index is -3.94. The van der Waals surface area contributed by atoms with E-state index in [-0.39, 0.29) is 17.7 Å². The zero-order chi connectivity index (χ0) is 28.5. The summed E-state index contributed by atoms with van der Waals surface area (Å²) in [6.45, 7) is 2.46. The Labute approximate surface area is 220 Å². The number of nitrogens with zero attached hydrogens (tertiary/aromatic N) is 1. The smallest absolute Gasteiger partial charge is 0.327 e. The highest BCUT2D eigenvalue weighted by atomic mass is 32.2. The van der Waals surface area contributed by atoms with Crippen molar-refractivity contribution in [3.63, 3.8) is 0 Å². The summed E-state index contributed by atoms with van der Waals surface area (Å²) in [5, 5.41) is 23.3. The standard InChI is InChI=1S/C26H29N3O8S/c1-17-7-13-21(14-8-17)38(36,37)29(3)16-24(31)28-23(26(34)35)15-20-11-9-19(10-12-20)5-4-6-22(25(32)33)27-18(2)30/h7-14,22-23H,6,15-16H2,1-3H3,(H,27,30)(H,28,31)(H,32,33)(H,34,35). The first-order valence-electron chi connectivity index (χ1n) is 11.4. The number of rotatable bonds is 11. The number of hydrogen-bond donors (Lipinski definition) is 4. The van der Waals surface area contributed by atoms with E-state index >= 15 is 0 Å².